The fraction of sp³-hybridized carbons (Fsp3) is 0.118. The van der Waals surface area contributed by atoms with Crippen molar-refractivity contribution in [3.05, 3.63) is 66.4 Å². The Morgan fingerprint density at radius 2 is 1.65 bits per heavy atom. The van der Waals surface area contributed by atoms with Gasteiger partial charge in [-0.05, 0) is 37.3 Å². The van der Waals surface area contributed by atoms with E-state index >= 15 is 0 Å². The quantitative estimate of drug-likeness (QED) is 0.800. The normalized spacial score (nSPS) is 11.4. The van der Waals surface area contributed by atoms with Crippen molar-refractivity contribution in [3.63, 3.8) is 0 Å². The number of hydrogen-bond acceptors (Lipinski definition) is 3. The molecule has 23 heavy (non-hydrogen) atoms. The summed E-state index contributed by atoms with van der Waals surface area (Å²) in [6.07, 6.45) is 1.13. The van der Waals surface area contributed by atoms with Crippen LogP contribution in [0, 0.1) is 6.92 Å². The van der Waals surface area contributed by atoms with Crippen LogP contribution in [0.1, 0.15) is 5.69 Å². The number of sulfonamides is 1. The topological polar surface area (TPSA) is 64.0 Å². The van der Waals surface area contributed by atoms with E-state index in [9.17, 15) is 8.42 Å². The van der Waals surface area contributed by atoms with E-state index in [-0.39, 0.29) is 0 Å². The molecule has 0 amide bonds. The molecule has 118 valence electrons. The van der Waals surface area contributed by atoms with Crippen molar-refractivity contribution in [1.82, 2.24) is 9.78 Å². The fourth-order valence-electron chi connectivity index (χ4n) is 2.39. The maximum Gasteiger partial charge on any atom is 0.229 e. The average molecular weight is 327 g/mol. The third-order valence-corrected chi connectivity index (χ3v) is 3.92. The summed E-state index contributed by atoms with van der Waals surface area (Å²) in [4.78, 5) is 0. The highest BCUT2D eigenvalue weighted by atomic mass is 32.2. The zero-order chi connectivity index (χ0) is 16.4. The van der Waals surface area contributed by atoms with Gasteiger partial charge in [0, 0.05) is 11.3 Å². The van der Waals surface area contributed by atoms with E-state index in [0.717, 1.165) is 28.9 Å². The molecule has 2 aromatic carbocycles. The Morgan fingerprint density at radius 1 is 1.00 bits per heavy atom. The number of benzene rings is 2. The fourth-order valence-corrected chi connectivity index (χ4v) is 2.96. The maximum absolute atomic E-state index is 11.3. The van der Waals surface area contributed by atoms with Gasteiger partial charge in [-0.15, -0.1) is 0 Å². The van der Waals surface area contributed by atoms with E-state index in [1.54, 1.807) is 12.1 Å². The molecule has 0 aliphatic heterocycles. The van der Waals surface area contributed by atoms with Crippen LogP contribution in [0.2, 0.25) is 0 Å². The van der Waals surface area contributed by atoms with Crippen LogP contribution >= 0.6 is 0 Å². The Morgan fingerprint density at radius 3 is 2.26 bits per heavy atom. The lowest BCUT2D eigenvalue weighted by atomic mass is 10.1. The third-order valence-electron chi connectivity index (χ3n) is 3.32. The number of aryl methyl sites for hydroxylation is 1. The van der Waals surface area contributed by atoms with Crippen molar-refractivity contribution >= 4 is 15.7 Å². The number of hydrogen-bond donors (Lipinski definition) is 1. The maximum atomic E-state index is 11.3. The lowest BCUT2D eigenvalue weighted by Gasteiger charge is -2.09. The Kier molecular flexibility index (Phi) is 3.92. The van der Waals surface area contributed by atoms with Gasteiger partial charge < -0.3 is 0 Å². The summed E-state index contributed by atoms with van der Waals surface area (Å²) < 4.78 is 26.9. The molecule has 0 aliphatic carbocycles. The van der Waals surface area contributed by atoms with Crippen LogP contribution < -0.4 is 4.72 Å². The lowest BCUT2D eigenvalue weighted by molar-refractivity contribution is 0.607. The molecule has 0 saturated carbocycles. The van der Waals surface area contributed by atoms with Crippen LogP contribution in [0.25, 0.3) is 16.9 Å². The number of aromatic nitrogens is 2. The SMILES string of the molecule is Cc1cc(-c2ccc(NS(C)(=O)=O)cc2)n(-c2ccccc2)n1. The molecule has 1 N–H and O–H groups in total. The van der Waals surface area contributed by atoms with Crippen LogP contribution in [-0.4, -0.2) is 24.5 Å². The molecule has 0 atom stereocenters. The van der Waals surface area contributed by atoms with Crippen molar-refractivity contribution in [2.75, 3.05) is 11.0 Å². The second-order valence-corrected chi connectivity index (χ2v) is 7.12. The standard InChI is InChI=1S/C17H17N3O2S/c1-13-12-17(20(18-13)16-6-4-3-5-7-16)14-8-10-15(11-9-14)19-23(2,21)22/h3-12,19H,1-2H3. The van der Waals surface area contributed by atoms with Gasteiger partial charge in [0.2, 0.25) is 10.0 Å². The van der Waals surface area contributed by atoms with E-state index in [4.69, 9.17) is 0 Å². The number of nitrogens with one attached hydrogen (secondary N) is 1. The van der Waals surface area contributed by atoms with Crippen molar-refractivity contribution in [2.45, 2.75) is 6.92 Å². The Hall–Kier alpha value is -2.60. The molecule has 5 nitrogen and oxygen atoms in total. The molecule has 1 heterocycles. The van der Waals surface area contributed by atoms with Crippen molar-refractivity contribution in [3.8, 4) is 16.9 Å². The van der Waals surface area contributed by atoms with Gasteiger partial charge in [-0.3, -0.25) is 4.72 Å². The number of para-hydroxylation sites is 1. The molecule has 0 fully saturated rings. The van der Waals surface area contributed by atoms with E-state index in [0.29, 0.717) is 5.69 Å². The second-order valence-electron chi connectivity index (χ2n) is 5.37. The van der Waals surface area contributed by atoms with E-state index < -0.39 is 10.0 Å². The number of rotatable bonds is 4. The first-order valence-electron chi connectivity index (χ1n) is 7.13. The second kappa shape index (κ2) is 5.89. The van der Waals surface area contributed by atoms with Crippen molar-refractivity contribution < 1.29 is 8.42 Å². The van der Waals surface area contributed by atoms with E-state index in [1.165, 1.54) is 0 Å². The van der Waals surface area contributed by atoms with Crippen molar-refractivity contribution in [2.24, 2.45) is 0 Å². The molecule has 0 unspecified atom stereocenters. The first-order valence-corrected chi connectivity index (χ1v) is 9.02. The number of anilines is 1. The molecule has 3 aromatic rings. The summed E-state index contributed by atoms with van der Waals surface area (Å²) in [6, 6.07) is 19.1. The summed E-state index contributed by atoms with van der Waals surface area (Å²) in [7, 11) is -3.27. The zero-order valence-electron chi connectivity index (χ0n) is 12.9. The van der Waals surface area contributed by atoms with Gasteiger partial charge in [0.15, 0.2) is 0 Å². The Bertz CT molecular complexity index is 914. The average Bonchev–Trinajstić information content (AvgIpc) is 2.89. The predicted molar refractivity (Wildman–Crippen MR) is 92.2 cm³/mol. The summed E-state index contributed by atoms with van der Waals surface area (Å²) in [5, 5.41) is 4.54. The van der Waals surface area contributed by atoms with Gasteiger partial charge in [0.1, 0.15) is 0 Å². The highest BCUT2D eigenvalue weighted by Gasteiger charge is 2.10. The van der Waals surface area contributed by atoms with Crippen LogP contribution in [0.4, 0.5) is 5.69 Å². The summed E-state index contributed by atoms with van der Waals surface area (Å²) >= 11 is 0. The summed E-state index contributed by atoms with van der Waals surface area (Å²) in [5.74, 6) is 0. The zero-order valence-corrected chi connectivity index (χ0v) is 13.7. The summed E-state index contributed by atoms with van der Waals surface area (Å²) in [5.41, 5.74) is 4.36. The minimum absolute atomic E-state index is 0.541. The molecule has 1 aromatic heterocycles. The van der Waals surface area contributed by atoms with Gasteiger partial charge in [-0.1, -0.05) is 30.3 Å². The van der Waals surface area contributed by atoms with Gasteiger partial charge in [-0.25, -0.2) is 13.1 Å². The molecule has 0 radical (unpaired) electrons. The molecular weight excluding hydrogens is 310 g/mol. The molecule has 6 heteroatoms. The van der Waals surface area contributed by atoms with Crippen molar-refractivity contribution in [1.29, 1.82) is 0 Å². The first-order chi connectivity index (χ1) is 10.9. The monoisotopic (exact) mass is 327 g/mol. The molecule has 0 aliphatic rings. The largest absolute Gasteiger partial charge is 0.284 e. The highest BCUT2D eigenvalue weighted by Crippen LogP contribution is 2.25. The Labute approximate surface area is 135 Å². The highest BCUT2D eigenvalue weighted by molar-refractivity contribution is 7.92. The van der Waals surface area contributed by atoms with Crippen LogP contribution in [0.15, 0.2) is 60.7 Å². The molecule has 0 spiro atoms. The Balaban J connectivity index is 2.00. The minimum atomic E-state index is -3.27. The van der Waals surface area contributed by atoms with Gasteiger partial charge in [0.25, 0.3) is 0 Å². The smallest absolute Gasteiger partial charge is 0.229 e. The van der Waals surface area contributed by atoms with Crippen LogP contribution in [0.3, 0.4) is 0 Å². The molecule has 3 rings (SSSR count). The third kappa shape index (κ3) is 3.60. The molecular formula is C17H17N3O2S. The lowest BCUT2D eigenvalue weighted by Crippen LogP contribution is -2.09. The minimum Gasteiger partial charge on any atom is -0.284 e. The van der Waals surface area contributed by atoms with E-state index in [1.807, 2.05) is 60.1 Å². The van der Waals surface area contributed by atoms with Gasteiger partial charge in [0.05, 0.1) is 23.3 Å². The van der Waals surface area contributed by atoms with E-state index in [2.05, 4.69) is 9.82 Å². The van der Waals surface area contributed by atoms with Crippen LogP contribution in [-0.2, 0) is 10.0 Å². The van der Waals surface area contributed by atoms with Gasteiger partial charge >= 0.3 is 0 Å². The molecule has 0 saturated heterocycles. The van der Waals surface area contributed by atoms with Gasteiger partial charge in [-0.2, -0.15) is 5.10 Å². The van der Waals surface area contributed by atoms with Crippen LogP contribution in [0.5, 0.6) is 0 Å². The molecule has 0 bridgehead atoms. The summed E-state index contributed by atoms with van der Waals surface area (Å²) in [6.45, 7) is 1.95. The first kappa shape index (κ1) is 15.3. The predicted octanol–water partition coefficient (Wildman–Crippen LogP) is 3.22. The number of nitrogens with zero attached hydrogens (tertiary/aromatic N) is 2.